The molecule has 6 heteroatoms. The SMILES string of the molecule is CC[Si](Cl)(CC)CC.C[Si](C)(Cl)C[Si](C)(C)Cl. The van der Waals surface area contributed by atoms with Crippen molar-refractivity contribution in [2.45, 2.75) is 70.8 Å². The summed E-state index contributed by atoms with van der Waals surface area (Å²) in [5.74, 6) is 0. The Kier molecular flexibility index (Phi) is 10.6. The predicted octanol–water partition coefficient (Wildman–Crippen LogP) is 6.64. The molecular formula is C11H29Cl3Si3. The zero-order valence-electron chi connectivity index (χ0n) is 12.5. The molecule has 0 atom stereocenters. The molecule has 0 nitrogen and oxygen atoms in total. The smallest absolute Gasteiger partial charge is 0.155 e. The van der Waals surface area contributed by atoms with Crippen LogP contribution in [0.2, 0.25) is 50.0 Å². The third kappa shape index (κ3) is 15.5. The molecule has 0 aliphatic rings. The number of hydrogen-bond acceptors (Lipinski definition) is 0. The zero-order chi connectivity index (χ0) is 14.3. The van der Waals surface area contributed by atoms with E-state index in [1.54, 1.807) is 0 Å². The molecule has 0 radical (unpaired) electrons. The van der Waals surface area contributed by atoms with Crippen molar-refractivity contribution in [1.82, 2.24) is 0 Å². The van der Waals surface area contributed by atoms with Gasteiger partial charge in [-0.15, -0.1) is 0 Å². The molecule has 0 N–H and O–H groups in total. The molecule has 0 saturated carbocycles. The number of hydrogen-bond donors (Lipinski definition) is 0. The molecule has 0 aliphatic carbocycles. The van der Waals surface area contributed by atoms with E-state index in [1.165, 1.54) is 18.1 Å². The second-order valence-corrected chi connectivity index (χ2v) is 27.1. The van der Waals surface area contributed by atoms with Crippen LogP contribution in [0, 0.1) is 0 Å². The van der Waals surface area contributed by atoms with Crippen LogP contribution in [-0.2, 0) is 0 Å². The van der Waals surface area contributed by atoms with Crippen LogP contribution in [0.3, 0.4) is 0 Å². The maximum Gasteiger partial charge on any atom is 0.155 e. The first kappa shape index (κ1) is 20.8. The predicted molar refractivity (Wildman–Crippen MR) is 94.5 cm³/mol. The maximum atomic E-state index is 6.23. The van der Waals surface area contributed by atoms with Crippen molar-refractivity contribution in [3.05, 3.63) is 0 Å². The molecule has 0 aromatic carbocycles. The number of halogens is 3. The Hall–Kier alpha value is 1.52. The first-order valence-corrected chi connectivity index (χ1v) is 18.5. The standard InChI is InChI=1S/C6H15ClSi.C5H14Cl2Si2/c1-4-8(7,5-2)6-3;1-8(2,6)5-9(3,4)7/h4-6H2,1-3H3;5H2,1-4H3. The van der Waals surface area contributed by atoms with Crippen LogP contribution in [0.1, 0.15) is 20.8 Å². The Morgan fingerprint density at radius 2 is 0.882 bits per heavy atom. The van der Waals surface area contributed by atoms with Gasteiger partial charge in [-0.1, -0.05) is 47.0 Å². The lowest BCUT2D eigenvalue weighted by Gasteiger charge is -2.20. The molecule has 0 bridgehead atoms. The maximum absolute atomic E-state index is 6.23. The number of rotatable bonds is 5. The summed E-state index contributed by atoms with van der Waals surface area (Å²) >= 11 is 18.4. The van der Waals surface area contributed by atoms with Crippen molar-refractivity contribution >= 4 is 55.4 Å². The Morgan fingerprint density at radius 1 is 0.647 bits per heavy atom. The highest BCUT2D eigenvalue weighted by molar-refractivity contribution is 7.31. The Morgan fingerprint density at radius 3 is 0.882 bits per heavy atom. The molecular weight excluding hydrogens is 323 g/mol. The molecule has 0 fully saturated rings. The van der Waals surface area contributed by atoms with Crippen molar-refractivity contribution < 1.29 is 0 Å². The van der Waals surface area contributed by atoms with Gasteiger partial charge in [-0.25, -0.2) is 0 Å². The van der Waals surface area contributed by atoms with Gasteiger partial charge in [0.25, 0.3) is 0 Å². The third-order valence-corrected chi connectivity index (χ3v) is 18.1. The molecule has 0 heterocycles. The average Bonchev–Trinajstić information content (AvgIpc) is 2.12. The summed E-state index contributed by atoms with van der Waals surface area (Å²) in [6.07, 6.45) is 0. The van der Waals surface area contributed by atoms with Gasteiger partial charge >= 0.3 is 0 Å². The fraction of sp³-hybridized carbons (Fsp3) is 1.00. The van der Waals surface area contributed by atoms with Gasteiger partial charge in [0.1, 0.15) is 14.8 Å². The van der Waals surface area contributed by atoms with E-state index in [2.05, 4.69) is 47.0 Å². The van der Waals surface area contributed by atoms with Crippen LogP contribution in [-0.4, -0.2) is 22.2 Å². The lowest BCUT2D eigenvalue weighted by Crippen LogP contribution is -2.30. The van der Waals surface area contributed by atoms with E-state index in [1.807, 2.05) is 0 Å². The average molecular weight is 352 g/mol. The third-order valence-electron chi connectivity index (χ3n) is 2.74. The van der Waals surface area contributed by atoms with Gasteiger partial charge in [-0.05, 0) is 23.8 Å². The minimum Gasteiger partial charge on any atom is -0.168 e. The lowest BCUT2D eigenvalue weighted by atomic mass is 10.9. The molecule has 17 heavy (non-hydrogen) atoms. The molecule has 0 spiro atoms. The highest BCUT2D eigenvalue weighted by Crippen LogP contribution is 2.25. The van der Waals surface area contributed by atoms with Gasteiger partial charge < -0.3 is 0 Å². The van der Waals surface area contributed by atoms with Gasteiger partial charge in [-0.2, -0.15) is 33.2 Å². The van der Waals surface area contributed by atoms with Gasteiger partial charge in [0, 0.05) is 0 Å². The van der Waals surface area contributed by atoms with Gasteiger partial charge in [0.05, 0.1) is 0 Å². The summed E-state index contributed by atoms with van der Waals surface area (Å²) in [6, 6.07) is 3.67. The second kappa shape index (κ2) is 8.64. The highest BCUT2D eigenvalue weighted by Gasteiger charge is 2.28. The first-order valence-electron chi connectivity index (χ1n) is 6.46. The summed E-state index contributed by atoms with van der Waals surface area (Å²) in [5.41, 5.74) is 1.10. The van der Waals surface area contributed by atoms with Crippen molar-refractivity contribution in [1.29, 1.82) is 0 Å². The van der Waals surface area contributed by atoms with E-state index in [-0.39, 0.29) is 0 Å². The molecule has 0 aromatic heterocycles. The Labute approximate surface area is 126 Å². The summed E-state index contributed by atoms with van der Waals surface area (Å²) in [7, 11) is -3.98. The second-order valence-electron chi connectivity index (χ2n) is 5.83. The summed E-state index contributed by atoms with van der Waals surface area (Å²) < 4.78 is 0. The van der Waals surface area contributed by atoms with E-state index in [0.29, 0.717) is 0 Å². The van der Waals surface area contributed by atoms with Crippen molar-refractivity contribution in [2.24, 2.45) is 0 Å². The summed E-state index contributed by atoms with van der Waals surface area (Å²) in [5, 5.41) is 0. The molecule has 0 rings (SSSR count). The van der Waals surface area contributed by atoms with Gasteiger partial charge in [0.2, 0.25) is 0 Å². The Balaban J connectivity index is 0. The van der Waals surface area contributed by atoms with Gasteiger partial charge in [-0.3, -0.25) is 0 Å². The largest absolute Gasteiger partial charge is 0.168 e. The van der Waals surface area contributed by atoms with Crippen molar-refractivity contribution in [3.8, 4) is 0 Å². The monoisotopic (exact) mass is 350 g/mol. The quantitative estimate of drug-likeness (QED) is 0.384. The fourth-order valence-electron chi connectivity index (χ4n) is 1.75. The Bertz CT molecular complexity index is 173. The van der Waals surface area contributed by atoms with Gasteiger partial charge in [0.15, 0.2) is 7.38 Å². The van der Waals surface area contributed by atoms with Crippen LogP contribution < -0.4 is 0 Å². The fourth-order valence-corrected chi connectivity index (χ4v) is 17.9. The summed E-state index contributed by atoms with van der Waals surface area (Å²) in [6.45, 7) is 15.2. The van der Waals surface area contributed by atoms with Crippen LogP contribution in [0.25, 0.3) is 0 Å². The van der Waals surface area contributed by atoms with Crippen LogP contribution in [0.4, 0.5) is 0 Å². The summed E-state index contributed by atoms with van der Waals surface area (Å²) in [4.78, 5) is 0. The van der Waals surface area contributed by atoms with E-state index in [4.69, 9.17) is 33.2 Å². The highest BCUT2D eigenvalue weighted by atomic mass is 35.6. The molecule has 0 aliphatic heterocycles. The van der Waals surface area contributed by atoms with Crippen LogP contribution in [0.5, 0.6) is 0 Å². The minimum atomic E-state index is -1.39. The van der Waals surface area contributed by atoms with E-state index in [0.717, 1.165) is 5.67 Å². The molecule has 106 valence electrons. The van der Waals surface area contributed by atoms with Crippen LogP contribution >= 0.6 is 33.2 Å². The zero-order valence-corrected chi connectivity index (χ0v) is 17.7. The normalized spacial score (nSPS) is 13.1. The molecule has 0 aromatic rings. The van der Waals surface area contributed by atoms with E-state index in [9.17, 15) is 0 Å². The molecule has 0 unspecified atom stereocenters. The van der Waals surface area contributed by atoms with E-state index < -0.39 is 22.2 Å². The first-order chi connectivity index (χ1) is 7.39. The van der Waals surface area contributed by atoms with Crippen LogP contribution in [0.15, 0.2) is 0 Å². The molecule has 0 saturated heterocycles. The van der Waals surface area contributed by atoms with Crippen molar-refractivity contribution in [3.63, 3.8) is 0 Å². The van der Waals surface area contributed by atoms with Crippen molar-refractivity contribution in [2.75, 3.05) is 0 Å². The molecule has 0 amide bonds. The van der Waals surface area contributed by atoms with E-state index >= 15 is 0 Å². The lowest BCUT2D eigenvalue weighted by molar-refractivity contribution is 1.22. The minimum absolute atomic E-state index is 1.10. The topological polar surface area (TPSA) is 0 Å².